The summed E-state index contributed by atoms with van der Waals surface area (Å²) in [6.07, 6.45) is -4.03. The van der Waals surface area contributed by atoms with Crippen LogP contribution < -0.4 is 11.3 Å². The number of amides is 1. The summed E-state index contributed by atoms with van der Waals surface area (Å²) in [5.74, 6) is 4.58. The summed E-state index contributed by atoms with van der Waals surface area (Å²) in [4.78, 5) is 10.7. The molecule has 7 heteroatoms. The lowest BCUT2D eigenvalue weighted by Crippen LogP contribution is -2.29. The van der Waals surface area contributed by atoms with Crippen molar-refractivity contribution >= 4 is 5.91 Å². The molecular formula is C9H17F3N2O2. The minimum atomic E-state index is -4.31. The number of halogens is 3. The number of nitrogens with two attached hydrogens (primary N) is 1. The van der Waals surface area contributed by atoms with Crippen LogP contribution in [0.25, 0.3) is 0 Å². The van der Waals surface area contributed by atoms with E-state index in [0.29, 0.717) is 19.3 Å². The molecule has 0 aliphatic rings. The van der Waals surface area contributed by atoms with E-state index in [9.17, 15) is 18.0 Å². The second-order valence-corrected chi connectivity index (χ2v) is 3.43. The molecule has 1 amide bonds. The molecule has 16 heavy (non-hydrogen) atoms. The molecule has 1 unspecified atom stereocenters. The Kier molecular flexibility index (Phi) is 7.07. The quantitative estimate of drug-likeness (QED) is 0.308. The Labute approximate surface area is 92.3 Å². The van der Waals surface area contributed by atoms with E-state index in [2.05, 4.69) is 4.74 Å². The van der Waals surface area contributed by atoms with Crippen molar-refractivity contribution in [2.75, 3.05) is 6.61 Å². The molecule has 1 atom stereocenters. The van der Waals surface area contributed by atoms with Gasteiger partial charge in [0.05, 0.1) is 0 Å². The molecule has 0 heterocycles. The Morgan fingerprint density at radius 1 is 1.38 bits per heavy atom. The molecule has 4 nitrogen and oxygen atoms in total. The first-order valence-electron chi connectivity index (χ1n) is 5.05. The fraction of sp³-hybridized carbons (Fsp3) is 0.889. The van der Waals surface area contributed by atoms with Crippen LogP contribution in [0.5, 0.6) is 0 Å². The van der Waals surface area contributed by atoms with Gasteiger partial charge in [0.1, 0.15) is 0 Å². The fourth-order valence-electron chi connectivity index (χ4n) is 0.991. The number of hydrogen-bond acceptors (Lipinski definition) is 3. The van der Waals surface area contributed by atoms with Crippen molar-refractivity contribution in [2.45, 2.75) is 44.9 Å². The van der Waals surface area contributed by atoms with Gasteiger partial charge in [-0.1, -0.05) is 6.42 Å². The smallest absolute Gasteiger partial charge is 0.369 e. The summed E-state index contributed by atoms with van der Waals surface area (Å²) in [6.45, 7) is 1.02. The molecule has 0 spiro atoms. The number of hydrazine groups is 1. The highest BCUT2D eigenvalue weighted by molar-refractivity contribution is 5.74. The molecule has 0 radical (unpaired) electrons. The van der Waals surface area contributed by atoms with Crippen LogP contribution in [0, 0.1) is 0 Å². The van der Waals surface area contributed by atoms with Crippen LogP contribution in [0.2, 0.25) is 0 Å². The zero-order chi connectivity index (χ0) is 12.6. The second-order valence-electron chi connectivity index (χ2n) is 3.43. The molecule has 0 aliphatic heterocycles. The molecule has 0 aromatic carbocycles. The summed E-state index contributed by atoms with van der Waals surface area (Å²) < 4.78 is 40.5. The first-order valence-corrected chi connectivity index (χ1v) is 5.05. The van der Waals surface area contributed by atoms with Crippen molar-refractivity contribution in [1.82, 2.24) is 5.43 Å². The van der Waals surface area contributed by atoms with Gasteiger partial charge in [0.25, 0.3) is 0 Å². The topological polar surface area (TPSA) is 64.3 Å². The summed E-state index contributed by atoms with van der Waals surface area (Å²) in [6, 6.07) is 0. The van der Waals surface area contributed by atoms with E-state index in [1.807, 2.05) is 5.43 Å². The van der Waals surface area contributed by atoms with Crippen LogP contribution in [0.3, 0.4) is 0 Å². The highest BCUT2D eigenvalue weighted by atomic mass is 19.4. The van der Waals surface area contributed by atoms with Gasteiger partial charge >= 0.3 is 6.18 Å². The molecule has 0 aromatic rings. The van der Waals surface area contributed by atoms with Gasteiger partial charge in [0.2, 0.25) is 5.91 Å². The molecule has 3 N–H and O–H groups in total. The lowest BCUT2D eigenvalue weighted by atomic mass is 10.2. The van der Waals surface area contributed by atoms with Crippen LogP contribution in [0.4, 0.5) is 13.2 Å². The largest absolute Gasteiger partial charge is 0.414 e. The number of rotatable bonds is 7. The lowest BCUT2D eigenvalue weighted by molar-refractivity contribution is -0.214. The molecule has 0 saturated heterocycles. The summed E-state index contributed by atoms with van der Waals surface area (Å²) in [7, 11) is 0. The molecule has 0 rings (SSSR count). The summed E-state index contributed by atoms with van der Waals surface area (Å²) in [5, 5.41) is 0. The molecule has 0 saturated carbocycles. The number of carbonyl (C=O) groups excluding carboxylic acids is 1. The average molecular weight is 242 g/mol. The van der Waals surface area contributed by atoms with Crippen molar-refractivity contribution in [1.29, 1.82) is 0 Å². The number of carbonyl (C=O) groups is 1. The third-order valence-electron chi connectivity index (χ3n) is 2.04. The van der Waals surface area contributed by atoms with E-state index in [0.717, 1.165) is 6.92 Å². The van der Waals surface area contributed by atoms with Crippen molar-refractivity contribution in [2.24, 2.45) is 5.84 Å². The maximum absolute atomic E-state index is 12.0. The summed E-state index contributed by atoms with van der Waals surface area (Å²) in [5.41, 5.74) is 1.98. The normalized spacial score (nSPS) is 13.6. The standard InChI is InChI=1S/C9H17F3N2O2/c1-7(9(10,11)12)16-6-4-2-3-5-8(15)14-13/h7H,2-6,13H2,1H3,(H,14,15). The number of ether oxygens (including phenoxy) is 1. The van der Waals surface area contributed by atoms with Gasteiger partial charge in [0, 0.05) is 13.0 Å². The average Bonchev–Trinajstić information content (AvgIpc) is 2.20. The van der Waals surface area contributed by atoms with Crippen molar-refractivity contribution in [3.63, 3.8) is 0 Å². The Morgan fingerprint density at radius 3 is 2.50 bits per heavy atom. The molecule has 0 bridgehead atoms. The number of unbranched alkanes of at least 4 members (excludes halogenated alkanes) is 2. The van der Waals surface area contributed by atoms with Gasteiger partial charge in [-0.05, 0) is 19.8 Å². The van der Waals surface area contributed by atoms with E-state index in [1.54, 1.807) is 0 Å². The van der Waals surface area contributed by atoms with Gasteiger partial charge in [-0.2, -0.15) is 13.2 Å². The van der Waals surface area contributed by atoms with E-state index in [1.165, 1.54) is 0 Å². The number of alkyl halides is 3. The highest BCUT2D eigenvalue weighted by Crippen LogP contribution is 2.22. The van der Waals surface area contributed by atoms with Crippen LogP contribution in [-0.4, -0.2) is 24.8 Å². The van der Waals surface area contributed by atoms with Crippen molar-refractivity contribution < 1.29 is 22.7 Å². The Hall–Kier alpha value is -0.820. The summed E-state index contributed by atoms with van der Waals surface area (Å²) >= 11 is 0. The van der Waals surface area contributed by atoms with Crippen LogP contribution in [0.1, 0.15) is 32.6 Å². The third-order valence-corrected chi connectivity index (χ3v) is 2.04. The maximum atomic E-state index is 12.0. The third kappa shape index (κ3) is 7.47. The maximum Gasteiger partial charge on any atom is 0.414 e. The number of nitrogens with one attached hydrogen (secondary N) is 1. The minimum Gasteiger partial charge on any atom is -0.369 e. The number of hydrogen-bond donors (Lipinski definition) is 2. The molecule has 0 aliphatic carbocycles. The zero-order valence-electron chi connectivity index (χ0n) is 9.14. The fourth-order valence-corrected chi connectivity index (χ4v) is 0.991. The SMILES string of the molecule is CC(OCCCCCC(=O)NN)C(F)(F)F. The van der Waals surface area contributed by atoms with E-state index >= 15 is 0 Å². The van der Waals surface area contributed by atoms with Crippen LogP contribution in [-0.2, 0) is 9.53 Å². The van der Waals surface area contributed by atoms with Gasteiger partial charge in [-0.3, -0.25) is 10.2 Å². The van der Waals surface area contributed by atoms with Crippen LogP contribution >= 0.6 is 0 Å². The Morgan fingerprint density at radius 2 is 2.00 bits per heavy atom. The van der Waals surface area contributed by atoms with Gasteiger partial charge in [0.15, 0.2) is 6.10 Å². The molecule has 96 valence electrons. The van der Waals surface area contributed by atoms with E-state index < -0.39 is 12.3 Å². The monoisotopic (exact) mass is 242 g/mol. The predicted molar refractivity (Wildman–Crippen MR) is 52.3 cm³/mol. The van der Waals surface area contributed by atoms with Gasteiger partial charge < -0.3 is 4.74 Å². The van der Waals surface area contributed by atoms with Gasteiger partial charge in [-0.15, -0.1) is 0 Å². The lowest BCUT2D eigenvalue weighted by Gasteiger charge is -2.16. The zero-order valence-corrected chi connectivity index (χ0v) is 9.14. The van der Waals surface area contributed by atoms with E-state index in [4.69, 9.17) is 5.84 Å². The first kappa shape index (κ1) is 15.2. The van der Waals surface area contributed by atoms with E-state index in [-0.39, 0.29) is 18.9 Å². The van der Waals surface area contributed by atoms with Crippen molar-refractivity contribution in [3.8, 4) is 0 Å². The Bertz CT molecular complexity index is 209. The van der Waals surface area contributed by atoms with Crippen molar-refractivity contribution in [3.05, 3.63) is 0 Å². The first-order chi connectivity index (χ1) is 7.38. The minimum absolute atomic E-state index is 0.0465. The predicted octanol–water partition coefficient (Wildman–Crippen LogP) is 1.50. The molecule has 0 fully saturated rings. The van der Waals surface area contributed by atoms with Gasteiger partial charge in [-0.25, -0.2) is 5.84 Å². The highest BCUT2D eigenvalue weighted by Gasteiger charge is 2.36. The van der Waals surface area contributed by atoms with Crippen LogP contribution in [0.15, 0.2) is 0 Å². The molecule has 0 aromatic heterocycles. The second kappa shape index (κ2) is 7.45. The molecular weight excluding hydrogens is 225 g/mol. The Balaban J connectivity index is 3.37.